The Labute approximate surface area is 102 Å². The van der Waals surface area contributed by atoms with E-state index >= 15 is 0 Å². The molecule has 0 aliphatic rings. The molecular weight excluding hydrogens is 218 g/mol. The number of hydrogen-bond donors (Lipinski definition) is 2. The first-order chi connectivity index (χ1) is 8.00. The van der Waals surface area contributed by atoms with Gasteiger partial charge in [-0.3, -0.25) is 4.79 Å². The third-order valence-electron chi connectivity index (χ3n) is 2.62. The first kappa shape index (κ1) is 13.6. The van der Waals surface area contributed by atoms with E-state index in [4.69, 9.17) is 0 Å². The topological polar surface area (TPSA) is 73.9 Å². The number of nitrogens with one attached hydrogen (secondary N) is 2. The third-order valence-corrected chi connectivity index (χ3v) is 2.62. The number of H-pyrrole nitrogens is 1. The number of likely N-dealkylation sites (N-methyl/N-ethyl adjacent to an activating group) is 1. The molecule has 0 fully saturated rings. The van der Waals surface area contributed by atoms with Crippen LogP contribution in [0.5, 0.6) is 0 Å². The minimum Gasteiger partial charge on any atom is -0.349 e. The van der Waals surface area contributed by atoms with Gasteiger partial charge < -0.3 is 10.2 Å². The van der Waals surface area contributed by atoms with Gasteiger partial charge in [-0.05, 0) is 26.4 Å². The van der Waals surface area contributed by atoms with Crippen LogP contribution in [0.2, 0.25) is 0 Å². The van der Waals surface area contributed by atoms with Gasteiger partial charge in [0.1, 0.15) is 0 Å². The highest BCUT2D eigenvalue weighted by molar-refractivity contribution is 5.91. The Morgan fingerprint density at radius 1 is 1.53 bits per heavy atom. The number of amides is 1. The molecule has 0 spiro atoms. The van der Waals surface area contributed by atoms with Crippen molar-refractivity contribution in [2.75, 3.05) is 20.6 Å². The summed E-state index contributed by atoms with van der Waals surface area (Å²) < 4.78 is 0. The highest BCUT2D eigenvalue weighted by atomic mass is 16.2. The molecule has 1 aromatic heterocycles. The maximum absolute atomic E-state index is 11.7. The summed E-state index contributed by atoms with van der Waals surface area (Å²) in [6, 6.07) is 0.339. The van der Waals surface area contributed by atoms with Crippen molar-refractivity contribution in [3.05, 3.63) is 11.9 Å². The van der Waals surface area contributed by atoms with Crippen LogP contribution in [0, 0.1) is 5.92 Å². The van der Waals surface area contributed by atoms with Crippen molar-refractivity contribution < 1.29 is 4.79 Å². The Morgan fingerprint density at radius 2 is 2.24 bits per heavy atom. The van der Waals surface area contributed by atoms with Crippen LogP contribution in [-0.4, -0.2) is 52.9 Å². The molecule has 0 saturated heterocycles. The van der Waals surface area contributed by atoms with Crippen LogP contribution in [0.25, 0.3) is 0 Å². The second-order valence-electron chi connectivity index (χ2n) is 4.81. The van der Waals surface area contributed by atoms with E-state index in [2.05, 4.69) is 39.5 Å². The second-order valence-corrected chi connectivity index (χ2v) is 4.81. The van der Waals surface area contributed by atoms with Crippen LogP contribution < -0.4 is 5.32 Å². The van der Waals surface area contributed by atoms with Crippen molar-refractivity contribution >= 4 is 5.91 Å². The fourth-order valence-corrected chi connectivity index (χ4v) is 1.63. The average molecular weight is 239 g/mol. The minimum atomic E-state index is -0.186. The molecule has 1 heterocycles. The fourth-order valence-electron chi connectivity index (χ4n) is 1.63. The zero-order valence-corrected chi connectivity index (χ0v) is 10.9. The summed E-state index contributed by atoms with van der Waals surface area (Å²) in [6.45, 7) is 4.97. The summed E-state index contributed by atoms with van der Waals surface area (Å²) in [4.78, 5) is 13.8. The first-order valence-electron chi connectivity index (χ1n) is 5.81. The van der Waals surface area contributed by atoms with Gasteiger partial charge in [-0.25, -0.2) is 0 Å². The fraction of sp³-hybridized carbons (Fsp3) is 0.727. The Morgan fingerprint density at radius 3 is 2.71 bits per heavy atom. The average Bonchev–Trinajstić information content (AvgIpc) is 2.76. The smallest absolute Gasteiger partial charge is 0.273 e. The van der Waals surface area contributed by atoms with Gasteiger partial charge in [0.05, 0.1) is 6.20 Å². The number of carbonyl (C=O) groups excluding carboxylic acids is 1. The number of carbonyl (C=O) groups is 1. The molecule has 6 heteroatoms. The first-order valence-corrected chi connectivity index (χ1v) is 5.81. The molecule has 1 rings (SSSR count). The highest BCUT2D eigenvalue weighted by Crippen LogP contribution is 2.08. The van der Waals surface area contributed by atoms with Crippen molar-refractivity contribution in [2.45, 2.75) is 26.3 Å². The van der Waals surface area contributed by atoms with Gasteiger partial charge in [-0.1, -0.05) is 13.8 Å². The lowest BCUT2D eigenvalue weighted by molar-refractivity contribution is 0.0933. The van der Waals surface area contributed by atoms with Crippen molar-refractivity contribution in [3.63, 3.8) is 0 Å². The molecule has 0 aliphatic heterocycles. The zero-order valence-electron chi connectivity index (χ0n) is 10.9. The van der Waals surface area contributed by atoms with E-state index in [1.54, 1.807) is 0 Å². The van der Waals surface area contributed by atoms with E-state index in [-0.39, 0.29) is 5.91 Å². The number of hydrogen-bond acceptors (Lipinski definition) is 4. The second kappa shape index (κ2) is 6.34. The molecule has 0 radical (unpaired) electrons. The van der Waals surface area contributed by atoms with Crippen LogP contribution >= 0.6 is 0 Å². The minimum absolute atomic E-state index is 0.186. The van der Waals surface area contributed by atoms with Gasteiger partial charge in [0, 0.05) is 12.6 Å². The van der Waals surface area contributed by atoms with Crippen LogP contribution in [0.4, 0.5) is 0 Å². The van der Waals surface area contributed by atoms with Gasteiger partial charge in [-0.15, -0.1) is 0 Å². The molecule has 0 aromatic carbocycles. The molecule has 17 heavy (non-hydrogen) atoms. The predicted molar refractivity (Wildman–Crippen MR) is 65.6 cm³/mol. The predicted octanol–water partition coefficient (Wildman–Crippen LogP) is 0.511. The van der Waals surface area contributed by atoms with E-state index in [9.17, 15) is 4.79 Å². The lowest BCUT2D eigenvalue weighted by Crippen LogP contribution is -2.41. The van der Waals surface area contributed by atoms with Crippen molar-refractivity contribution in [1.29, 1.82) is 0 Å². The molecule has 1 unspecified atom stereocenters. The largest absolute Gasteiger partial charge is 0.349 e. The summed E-state index contributed by atoms with van der Waals surface area (Å²) in [5.74, 6) is 0.417. The SMILES string of the molecule is CC(C)CC(CNC(=O)c1cn[nH]n1)N(C)C. The standard InChI is InChI=1S/C11H21N5O/c1-8(2)5-9(16(3)4)6-12-11(17)10-7-13-15-14-10/h7-9H,5-6H2,1-4H3,(H,12,17)(H,13,14,15). The Kier molecular flexibility index (Phi) is 5.09. The summed E-state index contributed by atoms with van der Waals surface area (Å²) in [5.41, 5.74) is 0.326. The van der Waals surface area contributed by atoms with Crippen LogP contribution in [0.3, 0.4) is 0 Å². The maximum Gasteiger partial charge on any atom is 0.273 e. The number of aromatic nitrogens is 3. The molecule has 0 saturated carbocycles. The molecule has 1 amide bonds. The molecule has 1 aromatic rings. The molecular formula is C11H21N5O. The van der Waals surface area contributed by atoms with E-state index in [0.29, 0.717) is 24.2 Å². The molecule has 2 N–H and O–H groups in total. The summed E-state index contributed by atoms with van der Waals surface area (Å²) in [6.07, 6.45) is 2.47. The molecule has 0 bridgehead atoms. The molecule has 6 nitrogen and oxygen atoms in total. The Balaban J connectivity index is 2.44. The zero-order chi connectivity index (χ0) is 12.8. The van der Waals surface area contributed by atoms with Crippen LogP contribution in [-0.2, 0) is 0 Å². The summed E-state index contributed by atoms with van der Waals surface area (Å²) in [7, 11) is 4.05. The van der Waals surface area contributed by atoms with Gasteiger partial charge in [0.2, 0.25) is 0 Å². The van der Waals surface area contributed by atoms with Crippen molar-refractivity contribution in [1.82, 2.24) is 25.6 Å². The quantitative estimate of drug-likeness (QED) is 0.758. The van der Waals surface area contributed by atoms with Crippen molar-refractivity contribution in [3.8, 4) is 0 Å². The molecule has 96 valence electrons. The van der Waals surface area contributed by atoms with Gasteiger partial charge in [0.25, 0.3) is 5.91 Å². The Hall–Kier alpha value is -1.43. The summed E-state index contributed by atoms with van der Waals surface area (Å²) in [5, 5.41) is 12.6. The molecule has 1 atom stereocenters. The summed E-state index contributed by atoms with van der Waals surface area (Å²) >= 11 is 0. The van der Waals surface area contributed by atoms with Gasteiger partial charge >= 0.3 is 0 Å². The van der Waals surface area contributed by atoms with Gasteiger partial charge in [0.15, 0.2) is 5.69 Å². The number of nitrogens with zero attached hydrogens (tertiary/aromatic N) is 3. The van der Waals surface area contributed by atoms with E-state index < -0.39 is 0 Å². The maximum atomic E-state index is 11.7. The highest BCUT2D eigenvalue weighted by Gasteiger charge is 2.15. The van der Waals surface area contributed by atoms with Crippen molar-refractivity contribution in [2.24, 2.45) is 5.92 Å². The third kappa shape index (κ3) is 4.52. The van der Waals surface area contributed by atoms with E-state index in [0.717, 1.165) is 6.42 Å². The van der Waals surface area contributed by atoms with Crippen LogP contribution in [0.1, 0.15) is 30.8 Å². The molecule has 0 aliphatic carbocycles. The Bertz CT molecular complexity index is 334. The monoisotopic (exact) mass is 239 g/mol. The number of rotatable bonds is 6. The van der Waals surface area contributed by atoms with E-state index in [1.165, 1.54) is 6.20 Å². The lowest BCUT2D eigenvalue weighted by Gasteiger charge is -2.26. The number of aromatic amines is 1. The lowest BCUT2D eigenvalue weighted by atomic mass is 10.0. The van der Waals surface area contributed by atoms with E-state index in [1.807, 2.05) is 14.1 Å². The van der Waals surface area contributed by atoms with Gasteiger partial charge in [-0.2, -0.15) is 15.4 Å². The normalized spacial score (nSPS) is 13.1. The van der Waals surface area contributed by atoms with Crippen LogP contribution in [0.15, 0.2) is 6.20 Å².